The van der Waals surface area contributed by atoms with Crippen LogP contribution in [0.15, 0.2) is 22.3 Å². The van der Waals surface area contributed by atoms with Crippen LogP contribution in [0.2, 0.25) is 0 Å². The molecule has 2 rings (SSSR count). The predicted molar refractivity (Wildman–Crippen MR) is 81.0 cm³/mol. The van der Waals surface area contributed by atoms with Crippen molar-refractivity contribution in [1.29, 1.82) is 0 Å². The maximum absolute atomic E-state index is 12.1. The van der Waals surface area contributed by atoms with Gasteiger partial charge < -0.3 is 10.3 Å². The Morgan fingerprint density at radius 2 is 2.00 bits per heavy atom. The third-order valence-corrected chi connectivity index (χ3v) is 3.52. The van der Waals surface area contributed by atoms with Gasteiger partial charge in [0.05, 0.1) is 11.3 Å². The summed E-state index contributed by atoms with van der Waals surface area (Å²) in [4.78, 5) is 19.4. The van der Waals surface area contributed by atoms with Crippen LogP contribution in [-0.4, -0.2) is 16.0 Å². The molecule has 0 aliphatic rings. The monoisotopic (exact) mass is 277 g/mol. The summed E-state index contributed by atoms with van der Waals surface area (Å²) >= 11 is 1.52. The number of nitrogens with one attached hydrogen (secondary N) is 2. The fourth-order valence-electron chi connectivity index (χ4n) is 1.74. The maximum atomic E-state index is 12.1. The Bertz CT molecular complexity index is 613. The van der Waals surface area contributed by atoms with Crippen LogP contribution in [0.4, 0.5) is 5.13 Å². The second-order valence-electron chi connectivity index (χ2n) is 5.15. The van der Waals surface area contributed by atoms with Crippen molar-refractivity contribution in [3.05, 3.63) is 33.6 Å². The summed E-state index contributed by atoms with van der Waals surface area (Å²) in [7, 11) is 0. The van der Waals surface area contributed by atoms with Gasteiger partial charge in [0.1, 0.15) is 0 Å². The highest BCUT2D eigenvalue weighted by Gasteiger charge is 2.10. The zero-order chi connectivity index (χ0) is 14.0. The van der Waals surface area contributed by atoms with E-state index in [-0.39, 0.29) is 5.56 Å². The Hall–Kier alpha value is -1.62. The number of nitrogens with zero attached hydrogens (tertiary/aromatic N) is 1. The van der Waals surface area contributed by atoms with Crippen molar-refractivity contribution in [2.24, 2.45) is 0 Å². The number of hydrogen-bond acceptors (Lipinski definition) is 4. The molecule has 0 aliphatic heterocycles. The van der Waals surface area contributed by atoms with E-state index in [0.717, 1.165) is 16.5 Å². The van der Waals surface area contributed by atoms with E-state index in [9.17, 15) is 4.79 Å². The van der Waals surface area contributed by atoms with E-state index in [1.54, 1.807) is 0 Å². The molecule has 0 amide bonds. The lowest BCUT2D eigenvalue weighted by Gasteiger charge is -2.06. The van der Waals surface area contributed by atoms with Gasteiger partial charge in [0, 0.05) is 17.1 Å². The first kappa shape index (κ1) is 13.8. The van der Waals surface area contributed by atoms with Gasteiger partial charge in [-0.05, 0) is 31.9 Å². The number of anilines is 1. The number of aromatic amines is 1. The predicted octanol–water partition coefficient (Wildman–Crippen LogP) is 3.44. The summed E-state index contributed by atoms with van der Waals surface area (Å²) < 4.78 is 0. The number of aromatic nitrogens is 2. The Labute approximate surface area is 116 Å². The van der Waals surface area contributed by atoms with E-state index in [2.05, 4.69) is 43.0 Å². The molecule has 0 aliphatic carbocycles. The van der Waals surface area contributed by atoms with Crippen LogP contribution in [0.5, 0.6) is 0 Å². The molecule has 19 heavy (non-hydrogen) atoms. The molecule has 2 aromatic heterocycles. The maximum Gasteiger partial charge on any atom is 0.257 e. The van der Waals surface area contributed by atoms with Gasteiger partial charge >= 0.3 is 0 Å². The van der Waals surface area contributed by atoms with Crippen molar-refractivity contribution in [3.63, 3.8) is 0 Å². The topological polar surface area (TPSA) is 57.8 Å². The smallest absolute Gasteiger partial charge is 0.257 e. The first-order valence-corrected chi connectivity index (χ1v) is 7.31. The summed E-state index contributed by atoms with van der Waals surface area (Å²) in [5.41, 5.74) is 2.22. The van der Waals surface area contributed by atoms with Gasteiger partial charge in [0.25, 0.3) is 5.56 Å². The molecule has 0 aromatic carbocycles. The second-order valence-corrected chi connectivity index (χ2v) is 6.01. The lowest BCUT2D eigenvalue weighted by molar-refractivity contribution is 0.816. The van der Waals surface area contributed by atoms with Gasteiger partial charge in [-0.25, -0.2) is 4.98 Å². The third kappa shape index (κ3) is 3.23. The minimum absolute atomic E-state index is 0.0763. The van der Waals surface area contributed by atoms with Gasteiger partial charge in [-0.2, -0.15) is 0 Å². The van der Waals surface area contributed by atoms with Crippen LogP contribution in [0.1, 0.15) is 39.3 Å². The summed E-state index contributed by atoms with van der Waals surface area (Å²) in [6.45, 7) is 8.23. The van der Waals surface area contributed by atoms with E-state index in [1.807, 2.05) is 17.5 Å². The lowest BCUT2D eigenvalue weighted by atomic mass is 10.1. The largest absolute Gasteiger partial charge is 0.359 e. The van der Waals surface area contributed by atoms with E-state index < -0.39 is 0 Å². The molecule has 0 saturated carbocycles. The Morgan fingerprint density at radius 3 is 2.58 bits per heavy atom. The molecule has 2 heterocycles. The molecule has 0 unspecified atom stereocenters. The first-order chi connectivity index (χ1) is 8.97. The summed E-state index contributed by atoms with van der Waals surface area (Å²) in [6.07, 6.45) is 0. The minimum atomic E-state index is -0.0763. The van der Waals surface area contributed by atoms with Crippen molar-refractivity contribution in [3.8, 4) is 11.3 Å². The standard InChI is InChI=1S/C14H19N3OS/c1-8(2)11-6-5-10(13(18)16-11)12-7-19-14(17-12)15-9(3)4/h5-9H,1-4H3,(H,15,17)(H,16,18). The SMILES string of the molecule is CC(C)Nc1nc(-c2ccc(C(C)C)[nH]c2=O)cs1. The fourth-order valence-corrected chi connectivity index (χ4v) is 2.60. The molecular weight excluding hydrogens is 258 g/mol. The van der Waals surface area contributed by atoms with E-state index >= 15 is 0 Å². The average molecular weight is 277 g/mol. The van der Waals surface area contributed by atoms with Crippen LogP contribution in [0.3, 0.4) is 0 Å². The highest BCUT2D eigenvalue weighted by atomic mass is 32.1. The van der Waals surface area contributed by atoms with Crippen molar-refractivity contribution in [1.82, 2.24) is 9.97 Å². The number of thiazole rings is 1. The quantitative estimate of drug-likeness (QED) is 0.900. The van der Waals surface area contributed by atoms with Crippen LogP contribution in [0, 0.1) is 0 Å². The molecule has 5 heteroatoms. The van der Waals surface area contributed by atoms with Crippen LogP contribution < -0.4 is 10.9 Å². The normalized spacial score (nSPS) is 11.3. The zero-order valence-corrected chi connectivity index (χ0v) is 12.5. The summed E-state index contributed by atoms with van der Waals surface area (Å²) in [5, 5.41) is 5.99. The molecule has 2 N–H and O–H groups in total. The van der Waals surface area contributed by atoms with Gasteiger partial charge in [0.15, 0.2) is 5.13 Å². The summed E-state index contributed by atoms with van der Waals surface area (Å²) in [5.74, 6) is 0.315. The van der Waals surface area contributed by atoms with Gasteiger partial charge in [-0.1, -0.05) is 13.8 Å². The minimum Gasteiger partial charge on any atom is -0.359 e. The molecule has 0 bridgehead atoms. The number of hydrogen-bond donors (Lipinski definition) is 2. The van der Waals surface area contributed by atoms with E-state index in [1.165, 1.54) is 11.3 Å². The zero-order valence-electron chi connectivity index (χ0n) is 11.7. The molecule has 0 radical (unpaired) electrons. The van der Waals surface area contributed by atoms with Crippen LogP contribution in [0.25, 0.3) is 11.3 Å². The molecule has 0 spiro atoms. The second kappa shape index (κ2) is 5.57. The average Bonchev–Trinajstić information content (AvgIpc) is 2.76. The number of H-pyrrole nitrogens is 1. The van der Waals surface area contributed by atoms with Gasteiger partial charge in [0.2, 0.25) is 0 Å². The van der Waals surface area contributed by atoms with Crippen LogP contribution in [-0.2, 0) is 0 Å². The van der Waals surface area contributed by atoms with E-state index in [4.69, 9.17) is 0 Å². The Kier molecular flexibility index (Phi) is 4.04. The number of rotatable bonds is 4. The molecule has 4 nitrogen and oxygen atoms in total. The third-order valence-electron chi connectivity index (χ3n) is 2.75. The molecule has 2 aromatic rings. The highest BCUT2D eigenvalue weighted by Crippen LogP contribution is 2.23. The van der Waals surface area contributed by atoms with Crippen molar-refractivity contribution in [2.45, 2.75) is 39.7 Å². The van der Waals surface area contributed by atoms with Crippen molar-refractivity contribution < 1.29 is 0 Å². The van der Waals surface area contributed by atoms with E-state index in [0.29, 0.717) is 17.5 Å². The molecule has 0 saturated heterocycles. The highest BCUT2D eigenvalue weighted by molar-refractivity contribution is 7.14. The Morgan fingerprint density at radius 1 is 1.26 bits per heavy atom. The number of pyridine rings is 1. The summed E-state index contributed by atoms with van der Waals surface area (Å²) in [6, 6.07) is 4.14. The molecule has 102 valence electrons. The molecule has 0 fully saturated rings. The van der Waals surface area contributed by atoms with Crippen LogP contribution >= 0.6 is 11.3 Å². The van der Waals surface area contributed by atoms with Gasteiger partial charge in [-0.15, -0.1) is 11.3 Å². The van der Waals surface area contributed by atoms with Crippen molar-refractivity contribution >= 4 is 16.5 Å². The first-order valence-electron chi connectivity index (χ1n) is 6.43. The fraction of sp³-hybridized carbons (Fsp3) is 0.429. The molecule has 0 atom stereocenters. The Balaban J connectivity index is 2.32. The van der Waals surface area contributed by atoms with Crippen molar-refractivity contribution in [2.75, 3.05) is 5.32 Å². The lowest BCUT2D eigenvalue weighted by Crippen LogP contribution is -2.12. The van der Waals surface area contributed by atoms with Gasteiger partial charge in [-0.3, -0.25) is 4.79 Å². The molecular formula is C14H19N3OS.